The molecule has 1 aliphatic heterocycles. The van der Waals surface area contributed by atoms with E-state index in [2.05, 4.69) is 15.2 Å². The van der Waals surface area contributed by atoms with Gasteiger partial charge in [0.2, 0.25) is 5.91 Å². The molecule has 0 unspecified atom stereocenters. The monoisotopic (exact) mass is 352 g/mol. The first-order valence-corrected chi connectivity index (χ1v) is 9.04. The Morgan fingerprint density at radius 3 is 3.25 bits per heavy atom. The second kappa shape index (κ2) is 8.06. The average Bonchev–Trinajstić information content (AvgIpc) is 3.09. The summed E-state index contributed by atoms with van der Waals surface area (Å²) >= 11 is 1.56. The summed E-state index contributed by atoms with van der Waals surface area (Å²) in [5, 5.41) is 5.02. The third-order valence-corrected chi connectivity index (χ3v) is 4.77. The van der Waals surface area contributed by atoms with E-state index < -0.39 is 0 Å². The predicted molar refractivity (Wildman–Crippen MR) is 92.4 cm³/mol. The Morgan fingerprint density at radius 1 is 1.58 bits per heavy atom. The molecule has 0 saturated carbocycles. The van der Waals surface area contributed by atoms with Crippen LogP contribution in [-0.2, 0) is 20.7 Å². The van der Waals surface area contributed by atoms with Crippen molar-refractivity contribution < 1.29 is 14.3 Å². The molecule has 0 radical (unpaired) electrons. The average molecular weight is 352 g/mol. The number of amides is 1. The van der Waals surface area contributed by atoms with Crippen LogP contribution >= 0.6 is 11.3 Å². The zero-order valence-corrected chi connectivity index (χ0v) is 14.9. The molecule has 0 bridgehead atoms. The first-order valence-electron chi connectivity index (χ1n) is 8.16. The standard InChI is InChI=1S/C16H24N4O3S/c1-19(2)4-7-23-14-3-6-22-11-13(14)18-15(21)9-12-10-20-5-8-24-16(20)17-12/h5,8,10,13-14H,3-4,6-7,9,11H2,1-2H3,(H,18,21)/t13-,14+/m0/s1. The third kappa shape index (κ3) is 4.54. The van der Waals surface area contributed by atoms with Gasteiger partial charge in [0, 0.05) is 30.9 Å². The topological polar surface area (TPSA) is 68.1 Å². The summed E-state index contributed by atoms with van der Waals surface area (Å²) in [5.74, 6) is -0.0440. The van der Waals surface area contributed by atoms with Crippen LogP contribution in [0.15, 0.2) is 17.8 Å². The van der Waals surface area contributed by atoms with Gasteiger partial charge in [-0.1, -0.05) is 0 Å². The number of imidazole rings is 1. The lowest BCUT2D eigenvalue weighted by atomic mass is 10.1. The molecule has 2 aromatic rings. The SMILES string of the molecule is CN(C)CCO[C@@H]1CCOC[C@@H]1NC(=O)Cc1cn2ccsc2n1. The van der Waals surface area contributed by atoms with E-state index in [-0.39, 0.29) is 24.5 Å². The van der Waals surface area contributed by atoms with Gasteiger partial charge in [0.05, 0.1) is 37.5 Å². The molecule has 1 fully saturated rings. The molecule has 1 saturated heterocycles. The first kappa shape index (κ1) is 17.3. The summed E-state index contributed by atoms with van der Waals surface area (Å²) in [6, 6.07) is -0.0999. The number of carbonyl (C=O) groups is 1. The van der Waals surface area contributed by atoms with E-state index in [4.69, 9.17) is 9.47 Å². The summed E-state index contributed by atoms with van der Waals surface area (Å²) in [6.45, 7) is 2.69. The first-order chi connectivity index (χ1) is 11.6. The molecule has 8 heteroatoms. The lowest BCUT2D eigenvalue weighted by molar-refractivity contribution is -0.125. The molecule has 0 spiro atoms. The number of aromatic nitrogens is 2. The van der Waals surface area contributed by atoms with Crippen LogP contribution in [0.4, 0.5) is 0 Å². The molecule has 24 heavy (non-hydrogen) atoms. The number of hydrogen-bond acceptors (Lipinski definition) is 6. The summed E-state index contributed by atoms with van der Waals surface area (Å²) in [6.07, 6.45) is 4.92. The second-order valence-electron chi connectivity index (χ2n) is 6.25. The van der Waals surface area contributed by atoms with Gasteiger partial charge in [-0.2, -0.15) is 0 Å². The van der Waals surface area contributed by atoms with Gasteiger partial charge in [-0.3, -0.25) is 9.20 Å². The van der Waals surface area contributed by atoms with Crippen LogP contribution in [0.5, 0.6) is 0 Å². The molecule has 7 nitrogen and oxygen atoms in total. The van der Waals surface area contributed by atoms with Crippen LogP contribution < -0.4 is 5.32 Å². The van der Waals surface area contributed by atoms with Gasteiger partial charge in [0.1, 0.15) is 0 Å². The Balaban J connectivity index is 1.51. The highest BCUT2D eigenvalue weighted by Gasteiger charge is 2.28. The minimum atomic E-state index is -0.0999. The van der Waals surface area contributed by atoms with E-state index >= 15 is 0 Å². The van der Waals surface area contributed by atoms with Crippen LogP contribution in [0.3, 0.4) is 0 Å². The molecule has 2 atom stereocenters. The number of ether oxygens (including phenoxy) is 2. The van der Waals surface area contributed by atoms with Gasteiger partial charge in [-0.15, -0.1) is 11.3 Å². The highest BCUT2D eigenvalue weighted by atomic mass is 32.1. The van der Waals surface area contributed by atoms with E-state index in [1.165, 1.54) is 0 Å². The Labute approximate surface area is 145 Å². The molecular formula is C16H24N4O3S. The van der Waals surface area contributed by atoms with E-state index in [1.807, 2.05) is 36.3 Å². The molecule has 3 rings (SSSR count). The fourth-order valence-corrected chi connectivity index (χ4v) is 3.44. The lowest BCUT2D eigenvalue weighted by Crippen LogP contribution is -2.51. The van der Waals surface area contributed by atoms with Gasteiger partial charge in [0.15, 0.2) is 4.96 Å². The van der Waals surface area contributed by atoms with E-state index in [0.29, 0.717) is 19.8 Å². The van der Waals surface area contributed by atoms with E-state index in [9.17, 15) is 4.79 Å². The van der Waals surface area contributed by atoms with Gasteiger partial charge < -0.3 is 19.7 Å². The number of likely N-dealkylation sites (N-methyl/N-ethyl adjacent to an activating group) is 1. The molecule has 3 heterocycles. The fraction of sp³-hybridized carbons (Fsp3) is 0.625. The maximum atomic E-state index is 12.3. The molecule has 132 valence electrons. The van der Waals surface area contributed by atoms with Crippen molar-refractivity contribution in [2.45, 2.75) is 25.0 Å². The number of nitrogens with one attached hydrogen (secondary N) is 1. The van der Waals surface area contributed by atoms with Gasteiger partial charge in [0.25, 0.3) is 0 Å². The van der Waals surface area contributed by atoms with Crippen molar-refractivity contribution in [3.05, 3.63) is 23.5 Å². The molecule has 2 aromatic heterocycles. The van der Waals surface area contributed by atoms with Crippen LogP contribution in [0, 0.1) is 0 Å². The van der Waals surface area contributed by atoms with Crippen molar-refractivity contribution in [1.82, 2.24) is 19.6 Å². The normalized spacial score (nSPS) is 21.5. The van der Waals surface area contributed by atoms with Crippen LogP contribution in [0.25, 0.3) is 4.96 Å². The van der Waals surface area contributed by atoms with Crippen molar-refractivity contribution in [3.63, 3.8) is 0 Å². The number of thiazole rings is 1. The molecule has 0 aromatic carbocycles. The smallest absolute Gasteiger partial charge is 0.226 e. The van der Waals surface area contributed by atoms with Crippen LogP contribution in [0.2, 0.25) is 0 Å². The Morgan fingerprint density at radius 2 is 2.46 bits per heavy atom. The van der Waals surface area contributed by atoms with Gasteiger partial charge >= 0.3 is 0 Å². The number of carbonyl (C=O) groups excluding carboxylic acids is 1. The summed E-state index contributed by atoms with van der Waals surface area (Å²) in [7, 11) is 4.03. The molecule has 1 aliphatic rings. The Kier molecular flexibility index (Phi) is 5.83. The third-order valence-electron chi connectivity index (χ3n) is 3.99. The minimum Gasteiger partial charge on any atom is -0.379 e. The molecule has 0 aliphatic carbocycles. The molecule has 1 N–H and O–H groups in total. The van der Waals surface area contributed by atoms with E-state index in [1.54, 1.807) is 11.3 Å². The highest BCUT2D eigenvalue weighted by Crippen LogP contribution is 2.14. The Bertz CT molecular complexity index is 641. The number of rotatable bonds is 7. The number of fused-ring (bicyclic) bond motifs is 1. The zero-order chi connectivity index (χ0) is 16.9. The van der Waals surface area contributed by atoms with Crippen LogP contribution in [0.1, 0.15) is 12.1 Å². The minimum absolute atomic E-state index is 0.00754. The second-order valence-corrected chi connectivity index (χ2v) is 7.12. The van der Waals surface area contributed by atoms with Crippen molar-refractivity contribution >= 4 is 22.2 Å². The zero-order valence-electron chi connectivity index (χ0n) is 14.1. The van der Waals surface area contributed by atoms with Crippen molar-refractivity contribution in [2.24, 2.45) is 0 Å². The quantitative estimate of drug-likeness (QED) is 0.798. The van der Waals surface area contributed by atoms with Crippen LogP contribution in [-0.4, -0.2) is 72.8 Å². The molecule has 1 amide bonds. The number of nitrogens with zero attached hydrogens (tertiary/aromatic N) is 3. The van der Waals surface area contributed by atoms with Crippen molar-refractivity contribution in [3.8, 4) is 0 Å². The van der Waals surface area contributed by atoms with Gasteiger partial charge in [-0.05, 0) is 20.5 Å². The van der Waals surface area contributed by atoms with Crippen molar-refractivity contribution in [1.29, 1.82) is 0 Å². The lowest BCUT2D eigenvalue weighted by Gasteiger charge is -2.32. The van der Waals surface area contributed by atoms with Crippen molar-refractivity contribution in [2.75, 3.05) is 40.5 Å². The largest absolute Gasteiger partial charge is 0.379 e. The number of hydrogen-bond donors (Lipinski definition) is 1. The van der Waals surface area contributed by atoms with E-state index in [0.717, 1.165) is 23.6 Å². The van der Waals surface area contributed by atoms with Gasteiger partial charge in [-0.25, -0.2) is 4.98 Å². The highest BCUT2D eigenvalue weighted by molar-refractivity contribution is 7.15. The predicted octanol–water partition coefficient (Wildman–Crippen LogP) is 0.790. The maximum Gasteiger partial charge on any atom is 0.226 e. The summed E-state index contributed by atoms with van der Waals surface area (Å²) in [5.41, 5.74) is 0.779. The fourth-order valence-electron chi connectivity index (χ4n) is 2.72. The maximum absolute atomic E-state index is 12.3. The molecular weight excluding hydrogens is 328 g/mol. The Hall–Kier alpha value is -1.48. The summed E-state index contributed by atoms with van der Waals surface area (Å²) in [4.78, 5) is 19.8. The summed E-state index contributed by atoms with van der Waals surface area (Å²) < 4.78 is 13.4.